The van der Waals surface area contributed by atoms with Gasteiger partial charge in [0.05, 0.1) is 14.2 Å². The zero-order valence-corrected chi connectivity index (χ0v) is 21.5. The Morgan fingerprint density at radius 3 is 1.85 bits per heavy atom. The number of rotatable bonds is 8. The van der Waals surface area contributed by atoms with Gasteiger partial charge in [-0.15, -0.1) is 11.3 Å². The molecule has 0 aliphatic heterocycles. The molecule has 0 atom stereocenters. The van der Waals surface area contributed by atoms with Crippen LogP contribution in [0.2, 0.25) is 0 Å². The summed E-state index contributed by atoms with van der Waals surface area (Å²) in [6.45, 7) is 1.81. The molecule has 1 aromatic carbocycles. The molecule has 1 heterocycles. The average molecular weight is 487 g/mol. The van der Waals surface area contributed by atoms with E-state index in [-0.39, 0.29) is 23.9 Å². The van der Waals surface area contributed by atoms with Gasteiger partial charge in [-0.2, -0.15) is 0 Å². The molecule has 2 aromatic rings. The van der Waals surface area contributed by atoms with E-state index in [1.807, 2.05) is 19.1 Å². The molecule has 2 aliphatic rings. The lowest BCUT2D eigenvalue weighted by atomic mass is 9.82. The van der Waals surface area contributed by atoms with Gasteiger partial charge in [0.2, 0.25) is 11.8 Å². The van der Waals surface area contributed by atoms with E-state index in [1.165, 1.54) is 12.8 Å². The SMILES string of the molecule is COc1cc2cc(CC(C)(C(=O)NC3CCCCC3)C(=O)NC3CCCCC3)sc2cc1OC. The van der Waals surface area contributed by atoms with Gasteiger partial charge in [-0.25, -0.2) is 0 Å². The van der Waals surface area contributed by atoms with Crippen LogP contribution < -0.4 is 20.1 Å². The van der Waals surface area contributed by atoms with Crippen LogP contribution in [-0.2, 0) is 16.0 Å². The lowest BCUT2D eigenvalue weighted by Gasteiger charge is -2.33. The first-order valence-electron chi connectivity index (χ1n) is 12.7. The minimum atomic E-state index is -1.16. The van der Waals surface area contributed by atoms with E-state index in [2.05, 4.69) is 16.7 Å². The number of hydrogen-bond acceptors (Lipinski definition) is 5. The second kappa shape index (κ2) is 11.0. The molecule has 34 heavy (non-hydrogen) atoms. The van der Waals surface area contributed by atoms with Crippen molar-refractivity contribution in [1.29, 1.82) is 0 Å². The number of carbonyl (C=O) groups is 2. The number of hydrogen-bond donors (Lipinski definition) is 2. The Balaban J connectivity index is 1.59. The minimum absolute atomic E-state index is 0.152. The highest BCUT2D eigenvalue weighted by molar-refractivity contribution is 7.19. The molecule has 2 aliphatic carbocycles. The predicted octanol–water partition coefficient (Wildman–Crippen LogP) is 5.37. The lowest BCUT2D eigenvalue weighted by Crippen LogP contribution is -2.55. The van der Waals surface area contributed by atoms with Crippen LogP contribution in [0.1, 0.15) is 76.0 Å². The molecule has 0 saturated heterocycles. The smallest absolute Gasteiger partial charge is 0.236 e. The van der Waals surface area contributed by atoms with Crippen molar-refractivity contribution in [3.8, 4) is 11.5 Å². The fraction of sp³-hybridized carbons (Fsp3) is 0.630. The fourth-order valence-corrected chi connectivity index (χ4v) is 6.53. The minimum Gasteiger partial charge on any atom is -0.493 e. The van der Waals surface area contributed by atoms with Crippen molar-refractivity contribution in [2.45, 2.75) is 89.6 Å². The van der Waals surface area contributed by atoms with Crippen LogP contribution in [0.4, 0.5) is 0 Å². The van der Waals surface area contributed by atoms with Gasteiger partial charge in [0.15, 0.2) is 11.5 Å². The Hall–Kier alpha value is -2.28. The molecule has 2 N–H and O–H groups in total. The average Bonchev–Trinajstić information content (AvgIpc) is 3.24. The zero-order chi connectivity index (χ0) is 24.1. The summed E-state index contributed by atoms with van der Waals surface area (Å²) in [6.07, 6.45) is 11.3. The Bertz CT molecular complexity index is 932. The molecule has 0 unspecified atom stereocenters. The maximum Gasteiger partial charge on any atom is 0.236 e. The molecule has 7 heteroatoms. The van der Waals surface area contributed by atoms with Crippen LogP contribution in [0, 0.1) is 5.41 Å². The number of nitrogens with one attached hydrogen (secondary N) is 2. The monoisotopic (exact) mass is 486 g/mol. The highest BCUT2D eigenvalue weighted by Gasteiger charge is 2.43. The maximum atomic E-state index is 13.6. The van der Waals surface area contributed by atoms with E-state index in [1.54, 1.807) is 25.6 Å². The molecular weight excluding hydrogens is 448 g/mol. The summed E-state index contributed by atoms with van der Waals surface area (Å²) in [6, 6.07) is 6.32. The summed E-state index contributed by atoms with van der Waals surface area (Å²) in [7, 11) is 3.25. The number of amides is 2. The first-order valence-corrected chi connectivity index (χ1v) is 13.5. The Morgan fingerprint density at radius 1 is 0.853 bits per heavy atom. The molecule has 2 amide bonds. The topological polar surface area (TPSA) is 76.7 Å². The molecule has 1 aromatic heterocycles. The highest BCUT2D eigenvalue weighted by atomic mass is 32.1. The molecule has 2 saturated carbocycles. The normalized spacial score (nSPS) is 18.0. The Morgan fingerprint density at radius 2 is 1.35 bits per heavy atom. The van der Waals surface area contributed by atoms with Crippen molar-refractivity contribution >= 4 is 33.2 Å². The van der Waals surface area contributed by atoms with Crippen LogP contribution in [0.3, 0.4) is 0 Å². The van der Waals surface area contributed by atoms with Crippen molar-refractivity contribution in [2.24, 2.45) is 5.41 Å². The van der Waals surface area contributed by atoms with Gasteiger partial charge in [-0.1, -0.05) is 38.5 Å². The molecule has 0 bridgehead atoms. The largest absolute Gasteiger partial charge is 0.493 e. The third kappa shape index (κ3) is 5.51. The van der Waals surface area contributed by atoms with Crippen molar-refractivity contribution in [2.75, 3.05) is 14.2 Å². The summed E-state index contributed by atoms with van der Waals surface area (Å²) < 4.78 is 12.0. The van der Waals surface area contributed by atoms with Crippen LogP contribution in [0.25, 0.3) is 10.1 Å². The van der Waals surface area contributed by atoms with Crippen molar-refractivity contribution in [1.82, 2.24) is 10.6 Å². The summed E-state index contributed by atoms with van der Waals surface area (Å²) in [4.78, 5) is 28.3. The van der Waals surface area contributed by atoms with E-state index in [0.29, 0.717) is 17.9 Å². The van der Waals surface area contributed by atoms with Crippen LogP contribution in [0.15, 0.2) is 18.2 Å². The van der Waals surface area contributed by atoms with Crippen LogP contribution in [0.5, 0.6) is 11.5 Å². The molecular formula is C27H38N2O4S. The molecule has 4 rings (SSSR count). The molecule has 186 valence electrons. The third-order valence-corrected chi connectivity index (χ3v) is 8.58. The van der Waals surface area contributed by atoms with Gasteiger partial charge >= 0.3 is 0 Å². The van der Waals surface area contributed by atoms with Gasteiger partial charge in [-0.3, -0.25) is 9.59 Å². The fourth-order valence-electron chi connectivity index (χ4n) is 5.30. The summed E-state index contributed by atoms with van der Waals surface area (Å²) in [5.74, 6) is 1.05. The van der Waals surface area contributed by atoms with Crippen LogP contribution >= 0.6 is 11.3 Å². The molecule has 0 spiro atoms. The maximum absolute atomic E-state index is 13.6. The van der Waals surface area contributed by atoms with Gasteiger partial charge in [0.1, 0.15) is 5.41 Å². The first kappa shape index (κ1) is 24.8. The quantitative estimate of drug-likeness (QED) is 0.492. The number of carbonyl (C=O) groups excluding carboxylic acids is 2. The van der Waals surface area contributed by atoms with Crippen molar-refractivity contribution < 1.29 is 19.1 Å². The first-order chi connectivity index (χ1) is 16.4. The summed E-state index contributed by atoms with van der Waals surface area (Å²) in [5.41, 5.74) is -1.16. The summed E-state index contributed by atoms with van der Waals surface area (Å²) in [5, 5.41) is 7.49. The van der Waals surface area contributed by atoms with E-state index >= 15 is 0 Å². The van der Waals surface area contributed by atoms with Gasteiger partial charge in [0, 0.05) is 34.1 Å². The molecule has 6 nitrogen and oxygen atoms in total. The molecule has 2 fully saturated rings. The summed E-state index contributed by atoms with van der Waals surface area (Å²) >= 11 is 1.60. The van der Waals surface area contributed by atoms with E-state index in [4.69, 9.17) is 9.47 Å². The number of fused-ring (bicyclic) bond motifs is 1. The lowest BCUT2D eigenvalue weighted by molar-refractivity contribution is -0.143. The zero-order valence-electron chi connectivity index (χ0n) is 20.7. The van der Waals surface area contributed by atoms with Crippen LogP contribution in [-0.4, -0.2) is 38.1 Å². The highest BCUT2D eigenvalue weighted by Crippen LogP contribution is 2.38. The Kier molecular flexibility index (Phi) is 8.02. The van der Waals surface area contributed by atoms with Gasteiger partial charge < -0.3 is 20.1 Å². The van der Waals surface area contributed by atoms with Crippen molar-refractivity contribution in [3.63, 3.8) is 0 Å². The van der Waals surface area contributed by atoms with E-state index < -0.39 is 5.41 Å². The van der Waals surface area contributed by atoms with Gasteiger partial charge in [-0.05, 0) is 50.1 Å². The second-order valence-electron chi connectivity index (χ2n) is 10.1. The second-order valence-corrected chi connectivity index (χ2v) is 11.3. The number of ether oxygens (including phenoxy) is 2. The Labute approximate surface area is 206 Å². The van der Waals surface area contributed by atoms with E-state index in [9.17, 15) is 9.59 Å². The number of methoxy groups -OCH3 is 2. The van der Waals surface area contributed by atoms with Gasteiger partial charge in [0.25, 0.3) is 0 Å². The van der Waals surface area contributed by atoms with E-state index in [0.717, 1.165) is 66.3 Å². The van der Waals surface area contributed by atoms with Crippen molar-refractivity contribution in [3.05, 3.63) is 23.1 Å². The number of benzene rings is 1. The third-order valence-electron chi connectivity index (χ3n) is 7.48. The predicted molar refractivity (Wildman–Crippen MR) is 137 cm³/mol. The standard InChI is InChI=1S/C27H38N2O4S/c1-27(25(30)28-19-10-6-4-7-11-19,26(31)29-20-12-8-5-9-13-20)17-21-14-18-15-22(32-2)23(33-3)16-24(18)34-21/h14-16,19-20H,4-13,17H2,1-3H3,(H,28,30)(H,29,31). The number of thiophene rings is 1. The molecule has 0 radical (unpaired) electrons.